The smallest absolute Gasteiger partial charge is 0.251 e. The number of halogens is 2. The van der Waals surface area contributed by atoms with Crippen molar-refractivity contribution in [2.24, 2.45) is 0 Å². The minimum absolute atomic E-state index is 0.00945. The first-order valence-corrected chi connectivity index (χ1v) is 8.32. The summed E-state index contributed by atoms with van der Waals surface area (Å²) in [5.41, 5.74) is 0.441. The van der Waals surface area contributed by atoms with Gasteiger partial charge in [0.05, 0.1) is 11.4 Å². The molecule has 8 heteroatoms. The maximum Gasteiger partial charge on any atom is 0.251 e. The monoisotopic (exact) mass is 355 g/mol. The lowest BCUT2D eigenvalue weighted by Gasteiger charge is -2.07. The molecule has 2 N–H and O–H groups in total. The van der Waals surface area contributed by atoms with E-state index >= 15 is 0 Å². The second-order valence-corrected chi connectivity index (χ2v) is 6.15. The molecule has 0 aliphatic rings. The summed E-state index contributed by atoms with van der Waals surface area (Å²) in [4.78, 5) is 30.2. The fourth-order valence-corrected chi connectivity index (χ4v) is 2.72. The Morgan fingerprint density at radius 2 is 2.22 bits per heavy atom. The molecule has 2 rings (SSSR count). The van der Waals surface area contributed by atoms with E-state index in [0.29, 0.717) is 22.3 Å². The fraction of sp³-hybridized carbons (Fsp3) is 0.267. The number of hydrogen-bond acceptors (Lipinski definition) is 4. The van der Waals surface area contributed by atoms with Crippen molar-refractivity contribution in [3.05, 3.63) is 51.2 Å². The standard InChI is InChI=1S/C15H15ClFN3O2S/c1-2-3-10-7-13(21)20-15(18-10)23-8-14(22)19-12-6-9(16)4-5-11(12)17/h4-7H,2-3,8H2,1H3,(H,19,22)(H,18,20,21). The third-order valence-corrected chi connectivity index (χ3v) is 3.93. The maximum absolute atomic E-state index is 13.5. The van der Waals surface area contributed by atoms with Gasteiger partial charge in [0.1, 0.15) is 5.82 Å². The van der Waals surface area contributed by atoms with Gasteiger partial charge in [-0.25, -0.2) is 9.37 Å². The van der Waals surface area contributed by atoms with Crippen LogP contribution < -0.4 is 10.9 Å². The molecule has 5 nitrogen and oxygen atoms in total. The number of carbonyl (C=O) groups is 1. The second-order valence-electron chi connectivity index (χ2n) is 4.75. The molecule has 1 aromatic carbocycles. The van der Waals surface area contributed by atoms with Gasteiger partial charge in [-0.05, 0) is 24.6 Å². The molecular formula is C15H15ClFN3O2S. The number of H-pyrrole nitrogens is 1. The lowest BCUT2D eigenvalue weighted by molar-refractivity contribution is -0.113. The molecule has 1 aromatic heterocycles. The first-order chi connectivity index (χ1) is 11.0. The number of rotatable bonds is 6. The van der Waals surface area contributed by atoms with Crippen LogP contribution in [0.15, 0.2) is 34.2 Å². The third-order valence-electron chi connectivity index (χ3n) is 2.82. The van der Waals surface area contributed by atoms with Gasteiger partial charge in [0.25, 0.3) is 5.56 Å². The van der Waals surface area contributed by atoms with E-state index in [4.69, 9.17) is 11.6 Å². The maximum atomic E-state index is 13.5. The number of carbonyl (C=O) groups excluding carboxylic acids is 1. The first kappa shape index (κ1) is 17.5. The summed E-state index contributed by atoms with van der Waals surface area (Å²) in [5.74, 6) is -0.992. The molecule has 0 saturated carbocycles. The molecule has 0 bridgehead atoms. The predicted octanol–water partition coefficient (Wildman–Crippen LogP) is 3.25. The highest BCUT2D eigenvalue weighted by atomic mass is 35.5. The molecule has 0 aliphatic carbocycles. The van der Waals surface area contributed by atoms with Gasteiger partial charge in [-0.3, -0.25) is 9.59 Å². The van der Waals surface area contributed by atoms with Crippen LogP contribution in [0, 0.1) is 5.82 Å². The van der Waals surface area contributed by atoms with Crippen molar-refractivity contribution in [2.75, 3.05) is 11.1 Å². The quantitative estimate of drug-likeness (QED) is 0.616. The number of nitrogens with zero attached hydrogens (tertiary/aromatic N) is 1. The Morgan fingerprint density at radius 1 is 1.43 bits per heavy atom. The predicted molar refractivity (Wildman–Crippen MR) is 89.6 cm³/mol. The fourth-order valence-electron chi connectivity index (χ4n) is 1.85. The summed E-state index contributed by atoms with van der Waals surface area (Å²) in [6, 6.07) is 5.35. The van der Waals surface area contributed by atoms with Gasteiger partial charge in [0.2, 0.25) is 5.91 Å². The van der Waals surface area contributed by atoms with Crippen LogP contribution >= 0.6 is 23.4 Å². The van der Waals surface area contributed by atoms with E-state index in [1.165, 1.54) is 24.3 Å². The van der Waals surface area contributed by atoms with Crippen LogP contribution in [0.1, 0.15) is 19.0 Å². The van der Waals surface area contributed by atoms with Crippen LogP contribution in [0.5, 0.6) is 0 Å². The molecule has 0 saturated heterocycles. The van der Waals surface area contributed by atoms with Crippen molar-refractivity contribution in [1.29, 1.82) is 0 Å². The van der Waals surface area contributed by atoms with E-state index in [2.05, 4.69) is 15.3 Å². The average molecular weight is 356 g/mol. The normalized spacial score (nSPS) is 10.6. The number of aromatic nitrogens is 2. The molecule has 23 heavy (non-hydrogen) atoms. The second kappa shape index (κ2) is 8.12. The highest BCUT2D eigenvalue weighted by Crippen LogP contribution is 2.20. The molecule has 0 atom stereocenters. The van der Waals surface area contributed by atoms with E-state index in [-0.39, 0.29) is 17.0 Å². The summed E-state index contributed by atoms with van der Waals surface area (Å²) < 4.78 is 13.5. The topological polar surface area (TPSA) is 74.8 Å². The summed E-state index contributed by atoms with van der Waals surface area (Å²) in [6.07, 6.45) is 1.56. The van der Waals surface area contributed by atoms with Gasteiger partial charge in [-0.1, -0.05) is 36.7 Å². The minimum Gasteiger partial charge on any atom is -0.323 e. The van der Waals surface area contributed by atoms with E-state index in [1.807, 2.05) is 6.92 Å². The van der Waals surface area contributed by atoms with Gasteiger partial charge >= 0.3 is 0 Å². The van der Waals surface area contributed by atoms with Crippen molar-refractivity contribution in [2.45, 2.75) is 24.9 Å². The largest absolute Gasteiger partial charge is 0.323 e. The highest BCUT2D eigenvalue weighted by molar-refractivity contribution is 7.99. The number of aryl methyl sites for hydroxylation is 1. The Hall–Kier alpha value is -1.86. The Labute approximate surface area is 141 Å². The van der Waals surface area contributed by atoms with Crippen LogP contribution in [0.4, 0.5) is 10.1 Å². The van der Waals surface area contributed by atoms with E-state index < -0.39 is 11.7 Å². The minimum atomic E-state index is -0.566. The van der Waals surface area contributed by atoms with E-state index in [0.717, 1.165) is 18.2 Å². The SMILES string of the molecule is CCCc1cc(=O)[nH]c(SCC(=O)Nc2cc(Cl)ccc2F)n1. The third kappa shape index (κ3) is 5.37. The number of benzene rings is 1. The molecule has 0 spiro atoms. The highest BCUT2D eigenvalue weighted by Gasteiger charge is 2.10. The van der Waals surface area contributed by atoms with Gasteiger partial charge in [-0.15, -0.1) is 0 Å². The molecule has 0 aliphatic heterocycles. The number of amides is 1. The van der Waals surface area contributed by atoms with Crippen LogP contribution in [0.3, 0.4) is 0 Å². The molecule has 0 fully saturated rings. The number of nitrogens with one attached hydrogen (secondary N) is 2. The lowest BCUT2D eigenvalue weighted by atomic mass is 10.2. The van der Waals surface area contributed by atoms with Gasteiger partial charge in [0.15, 0.2) is 5.16 Å². The van der Waals surface area contributed by atoms with Crippen molar-refractivity contribution < 1.29 is 9.18 Å². The lowest BCUT2D eigenvalue weighted by Crippen LogP contribution is -2.16. The molecule has 0 unspecified atom stereocenters. The zero-order valence-corrected chi connectivity index (χ0v) is 13.9. The van der Waals surface area contributed by atoms with Crippen LogP contribution in [-0.2, 0) is 11.2 Å². The molecular weight excluding hydrogens is 341 g/mol. The molecule has 122 valence electrons. The Balaban J connectivity index is 1.99. The van der Waals surface area contributed by atoms with Crippen molar-refractivity contribution in [1.82, 2.24) is 9.97 Å². The number of thioether (sulfide) groups is 1. The zero-order chi connectivity index (χ0) is 16.8. The van der Waals surface area contributed by atoms with Crippen molar-refractivity contribution >= 4 is 35.0 Å². The average Bonchev–Trinajstić information content (AvgIpc) is 2.49. The number of anilines is 1. The molecule has 0 radical (unpaired) electrons. The van der Waals surface area contributed by atoms with Crippen LogP contribution in [-0.4, -0.2) is 21.6 Å². The number of aromatic amines is 1. The zero-order valence-electron chi connectivity index (χ0n) is 12.4. The number of hydrogen-bond donors (Lipinski definition) is 2. The summed E-state index contributed by atoms with van der Waals surface area (Å²) in [7, 11) is 0. The Kier molecular flexibility index (Phi) is 6.18. The first-order valence-electron chi connectivity index (χ1n) is 6.96. The summed E-state index contributed by atoms with van der Waals surface area (Å²) >= 11 is 6.84. The van der Waals surface area contributed by atoms with Gasteiger partial charge in [-0.2, -0.15) is 0 Å². The van der Waals surface area contributed by atoms with Crippen LogP contribution in [0.25, 0.3) is 0 Å². The van der Waals surface area contributed by atoms with Crippen molar-refractivity contribution in [3.63, 3.8) is 0 Å². The summed E-state index contributed by atoms with van der Waals surface area (Å²) in [5, 5.41) is 3.13. The molecule has 2 aromatic rings. The van der Waals surface area contributed by atoms with Gasteiger partial charge in [0, 0.05) is 16.8 Å². The molecule has 1 heterocycles. The van der Waals surface area contributed by atoms with E-state index in [1.54, 1.807) is 0 Å². The Morgan fingerprint density at radius 3 is 2.96 bits per heavy atom. The van der Waals surface area contributed by atoms with Crippen LogP contribution in [0.2, 0.25) is 5.02 Å². The van der Waals surface area contributed by atoms with E-state index in [9.17, 15) is 14.0 Å². The van der Waals surface area contributed by atoms with Gasteiger partial charge < -0.3 is 10.3 Å². The summed E-state index contributed by atoms with van der Waals surface area (Å²) in [6.45, 7) is 1.99. The molecule has 1 amide bonds. The van der Waals surface area contributed by atoms with Crippen molar-refractivity contribution in [3.8, 4) is 0 Å². The Bertz CT molecular complexity index is 767.